The molecule has 0 heterocycles. The van der Waals surface area contributed by atoms with E-state index in [1.165, 1.54) is 148 Å². The summed E-state index contributed by atoms with van der Waals surface area (Å²) >= 11 is 0. The molecule has 88 heavy (non-hydrogen) atoms. The Bertz CT molecular complexity index is 1730. The molecule has 19 heteroatoms. The lowest BCUT2D eigenvalue weighted by Crippen LogP contribution is -2.30. The van der Waals surface area contributed by atoms with Gasteiger partial charge in [0.15, 0.2) is 12.2 Å². The molecule has 6 atom stereocenters. The first-order valence-electron chi connectivity index (χ1n) is 35.9. The summed E-state index contributed by atoms with van der Waals surface area (Å²) < 4.78 is 68.1. The number of unbranched alkanes of at least 4 members (excludes halogenated alkanes) is 34. The van der Waals surface area contributed by atoms with E-state index in [1.54, 1.807) is 0 Å². The van der Waals surface area contributed by atoms with Crippen LogP contribution < -0.4 is 0 Å². The fraction of sp³-hybridized carbons (Fsp3) is 0.942. The van der Waals surface area contributed by atoms with Gasteiger partial charge in [-0.1, -0.05) is 292 Å². The van der Waals surface area contributed by atoms with Crippen molar-refractivity contribution in [3.63, 3.8) is 0 Å². The Labute approximate surface area is 537 Å². The van der Waals surface area contributed by atoms with Gasteiger partial charge in [-0.3, -0.25) is 37.3 Å². The smallest absolute Gasteiger partial charge is 0.462 e. The fourth-order valence-corrected chi connectivity index (χ4v) is 11.9. The van der Waals surface area contributed by atoms with Gasteiger partial charge in [-0.25, -0.2) is 9.13 Å². The molecule has 0 radical (unpaired) electrons. The quantitative estimate of drug-likeness (QED) is 0.0222. The summed E-state index contributed by atoms with van der Waals surface area (Å²) in [7, 11) is -9.89. The third kappa shape index (κ3) is 61.6. The average molecular weight is 1300 g/mol. The van der Waals surface area contributed by atoms with Crippen molar-refractivity contribution in [2.24, 2.45) is 17.8 Å². The van der Waals surface area contributed by atoms with Crippen molar-refractivity contribution >= 4 is 39.5 Å². The predicted octanol–water partition coefficient (Wildman–Crippen LogP) is 19.5. The molecule has 0 aliphatic heterocycles. The lowest BCUT2D eigenvalue weighted by atomic mass is 9.99. The molecule has 0 saturated heterocycles. The number of carbonyl (C=O) groups excluding carboxylic acids is 4. The Balaban J connectivity index is 5.21. The van der Waals surface area contributed by atoms with E-state index in [1.807, 2.05) is 0 Å². The fourth-order valence-electron chi connectivity index (χ4n) is 10.3. The van der Waals surface area contributed by atoms with Crippen LogP contribution in [0.1, 0.15) is 344 Å². The number of hydrogen-bond acceptors (Lipinski definition) is 15. The molecule has 0 aromatic carbocycles. The van der Waals surface area contributed by atoms with E-state index < -0.39 is 97.5 Å². The molecule has 0 spiro atoms. The van der Waals surface area contributed by atoms with Crippen molar-refractivity contribution in [1.82, 2.24) is 0 Å². The van der Waals surface area contributed by atoms with Gasteiger partial charge in [0.2, 0.25) is 0 Å². The van der Waals surface area contributed by atoms with E-state index in [0.29, 0.717) is 31.6 Å². The number of hydrogen-bond donors (Lipinski definition) is 3. The van der Waals surface area contributed by atoms with Crippen LogP contribution in [0.25, 0.3) is 0 Å². The lowest BCUT2D eigenvalue weighted by molar-refractivity contribution is -0.161. The molecule has 0 bridgehead atoms. The second kappa shape index (κ2) is 60.0. The van der Waals surface area contributed by atoms with Crippen LogP contribution in [0.15, 0.2) is 0 Å². The minimum absolute atomic E-state index is 0.103. The number of esters is 4. The maximum atomic E-state index is 13.0. The molecule has 3 unspecified atom stereocenters. The second-order valence-corrected chi connectivity index (χ2v) is 29.0. The first kappa shape index (κ1) is 86.1. The molecule has 0 aliphatic carbocycles. The van der Waals surface area contributed by atoms with Crippen molar-refractivity contribution < 1.29 is 80.2 Å². The zero-order chi connectivity index (χ0) is 65.2. The van der Waals surface area contributed by atoms with Crippen molar-refractivity contribution in [2.75, 3.05) is 39.6 Å². The Morgan fingerprint density at radius 2 is 0.580 bits per heavy atom. The lowest BCUT2D eigenvalue weighted by Gasteiger charge is -2.21. The van der Waals surface area contributed by atoms with Crippen LogP contribution in [-0.4, -0.2) is 96.7 Å². The topological polar surface area (TPSA) is 237 Å². The van der Waals surface area contributed by atoms with Gasteiger partial charge in [-0.2, -0.15) is 0 Å². The van der Waals surface area contributed by atoms with Crippen LogP contribution >= 0.6 is 15.6 Å². The first-order valence-corrected chi connectivity index (χ1v) is 38.9. The average Bonchev–Trinajstić information content (AvgIpc) is 3.70. The Morgan fingerprint density at radius 3 is 0.864 bits per heavy atom. The molecular weight excluding hydrogens is 1160 g/mol. The van der Waals surface area contributed by atoms with E-state index >= 15 is 0 Å². The van der Waals surface area contributed by atoms with Gasteiger partial charge in [-0.05, 0) is 43.4 Å². The van der Waals surface area contributed by atoms with Crippen LogP contribution in [-0.2, 0) is 65.4 Å². The summed E-state index contributed by atoms with van der Waals surface area (Å²) in [6, 6.07) is 0. The zero-order valence-corrected chi connectivity index (χ0v) is 59.0. The monoisotopic (exact) mass is 1300 g/mol. The normalized spacial score (nSPS) is 14.5. The second-order valence-electron chi connectivity index (χ2n) is 26.1. The summed E-state index contributed by atoms with van der Waals surface area (Å²) in [4.78, 5) is 72.4. The Hall–Kier alpha value is -1.94. The summed E-state index contributed by atoms with van der Waals surface area (Å²) in [5.41, 5.74) is 0. The third-order valence-corrected chi connectivity index (χ3v) is 18.1. The SMILES string of the molecule is CCCCCCCCCCC(=O)OC[C@H](COP(=O)(O)OC[C@H](O)COP(=O)(O)OC[C@@H](COC(=O)CCCCCCCCCCCC(C)C)OC(=O)CCCCCCCCCCCCCCCCC(C)CC)OC(=O)CCCCCCCCCC(C)C. The minimum atomic E-state index is -4.95. The van der Waals surface area contributed by atoms with Crippen LogP contribution in [0, 0.1) is 17.8 Å². The highest BCUT2D eigenvalue weighted by atomic mass is 31.2. The molecule has 17 nitrogen and oxygen atoms in total. The largest absolute Gasteiger partial charge is 0.472 e. The molecule has 3 N–H and O–H groups in total. The summed E-state index contributed by atoms with van der Waals surface area (Å²) in [5, 5.41) is 10.6. The maximum absolute atomic E-state index is 13.0. The van der Waals surface area contributed by atoms with Gasteiger partial charge in [0.25, 0.3) is 0 Å². The standard InChI is InChI=1S/C69H134O17P2/c1-8-10-11-12-13-29-36-43-50-66(71)79-56-65(86-69(74)53-46-39-32-25-27-34-41-48-61(5)6)59-84-88(77,78)82-55-63(70)54-81-87(75,76)83-58-64(57-80-67(72)51-44-37-30-24-20-21-26-33-40-47-60(3)4)85-68(73)52-45-38-31-23-19-17-15-14-16-18-22-28-35-42-49-62(7)9-2/h60-65,70H,8-59H2,1-7H3,(H,75,76)(H,77,78)/t62?,63-,64-,65-/m1/s1. The molecule has 0 aliphatic rings. The summed E-state index contributed by atoms with van der Waals surface area (Å²) in [5.74, 6) is 0.153. The molecular formula is C69H134O17P2. The minimum Gasteiger partial charge on any atom is -0.462 e. The molecule has 522 valence electrons. The highest BCUT2D eigenvalue weighted by Gasteiger charge is 2.30. The van der Waals surface area contributed by atoms with E-state index in [2.05, 4.69) is 48.5 Å². The van der Waals surface area contributed by atoms with Gasteiger partial charge in [0, 0.05) is 25.7 Å². The van der Waals surface area contributed by atoms with Crippen LogP contribution in [0.3, 0.4) is 0 Å². The first-order chi connectivity index (χ1) is 42.3. The molecule has 0 rings (SSSR count). The van der Waals surface area contributed by atoms with Gasteiger partial charge in [0.05, 0.1) is 26.4 Å². The number of aliphatic hydroxyl groups is 1. The number of rotatable bonds is 67. The molecule has 0 aromatic heterocycles. The van der Waals surface area contributed by atoms with E-state index in [0.717, 1.165) is 108 Å². The van der Waals surface area contributed by atoms with E-state index in [9.17, 15) is 43.2 Å². The van der Waals surface area contributed by atoms with Crippen LogP contribution in [0.5, 0.6) is 0 Å². The number of aliphatic hydroxyl groups excluding tert-OH is 1. The number of phosphoric ester groups is 2. The molecule has 0 aromatic rings. The van der Waals surface area contributed by atoms with Gasteiger partial charge in [-0.15, -0.1) is 0 Å². The summed E-state index contributed by atoms with van der Waals surface area (Å²) in [6.07, 6.45) is 43.2. The number of carbonyl (C=O) groups is 4. The predicted molar refractivity (Wildman–Crippen MR) is 354 cm³/mol. The van der Waals surface area contributed by atoms with Crippen molar-refractivity contribution in [3.05, 3.63) is 0 Å². The zero-order valence-electron chi connectivity index (χ0n) is 57.2. The summed E-state index contributed by atoms with van der Waals surface area (Å²) in [6.45, 7) is 11.8. The molecule has 0 amide bonds. The Kier molecular flexibility index (Phi) is 58.7. The molecule has 0 saturated carbocycles. The molecule has 0 fully saturated rings. The van der Waals surface area contributed by atoms with E-state index in [-0.39, 0.29) is 25.7 Å². The van der Waals surface area contributed by atoms with Gasteiger partial charge < -0.3 is 33.8 Å². The van der Waals surface area contributed by atoms with Crippen molar-refractivity contribution in [2.45, 2.75) is 362 Å². The number of phosphoric acid groups is 2. The van der Waals surface area contributed by atoms with Crippen molar-refractivity contribution in [3.8, 4) is 0 Å². The van der Waals surface area contributed by atoms with Crippen LogP contribution in [0.2, 0.25) is 0 Å². The third-order valence-electron chi connectivity index (χ3n) is 16.2. The van der Waals surface area contributed by atoms with Gasteiger partial charge in [0.1, 0.15) is 19.3 Å². The highest BCUT2D eigenvalue weighted by Crippen LogP contribution is 2.45. The van der Waals surface area contributed by atoms with Crippen molar-refractivity contribution in [1.29, 1.82) is 0 Å². The van der Waals surface area contributed by atoms with Crippen LogP contribution in [0.4, 0.5) is 0 Å². The van der Waals surface area contributed by atoms with E-state index in [4.69, 9.17) is 37.0 Å². The number of ether oxygens (including phenoxy) is 4. The maximum Gasteiger partial charge on any atom is 0.472 e. The Morgan fingerprint density at radius 1 is 0.330 bits per heavy atom. The van der Waals surface area contributed by atoms with Gasteiger partial charge >= 0.3 is 39.5 Å². The highest BCUT2D eigenvalue weighted by molar-refractivity contribution is 7.47.